The molecule has 0 saturated carbocycles. The van der Waals surface area contributed by atoms with Gasteiger partial charge in [0.25, 0.3) is 0 Å². The normalized spacial score (nSPS) is 19.1. The van der Waals surface area contributed by atoms with E-state index in [2.05, 4.69) is 60.6 Å². The molecule has 2 N–H and O–H groups in total. The van der Waals surface area contributed by atoms with Crippen LogP contribution in [0.1, 0.15) is 30.9 Å². The molecule has 1 fully saturated rings. The van der Waals surface area contributed by atoms with Gasteiger partial charge in [-0.2, -0.15) is 0 Å². The van der Waals surface area contributed by atoms with Gasteiger partial charge in [-0.1, -0.05) is 36.8 Å². The third-order valence-electron chi connectivity index (χ3n) is 4.67. The Morgan fingerprint density at radius 1 is 1.19 bits per heavy atom. The molecule has 0 aromatic heterocycles. The number of sulfone groups is 1. The minimum absolute atomic E-state index is 0.273. The lowest BCUT2D eigenvalue weighted by Gasteiger charge is -2.26. The minimum atomic E-state index is -2.81. The lowest BCUT2D eigenvalue weighted by molar-refractivity contribution is 0.299. The molecular formula is C19H32N4O2S. The molecule has 1 unspecified atom stereocenters. The number of nitrogens with one attached hydrogen (secondary N) is 2. The van der Waals surface area contributed by atoms with Crippen LogP contribution in [0.5, 0.6) is 0 Å². The molecule has 0 radical (unpaired) electrons. The maximum absolute atomic E-state index is 11.5. The van der Waals surface area contributed by atoms with Crippen molar-refractivity contribution in [3.05, 3.63) is 35.4 Å². The van der Waals surface area contributed by atoms with Crippen LogP contribution in [0.15, 0.2) is 29.3 Å². The third-order valence-corrected chi connectivity index (χ3v) is 6.28. The molecule has 1 atom stereocenters. The molecule has 7 heteroatoms. The monoisotopic (exact) mass is 380 g/mol. The molecule has 1 aromatic carbocycles. The highest BCUT2D eigenvalue weighted by Gasteiger charge is 2.20. The van der Waals surface area contributed by atoms with Gasteiger partial charge in [0.15, 0.2) is 15.8 Å². The van der Waals surface area contributed by atoms with Crippen molar-refractivity contribution in [1.29, 1.82) is 0 Å². The van der Waals surface area contributed by atoms with Gasteiger partial charge < -0.3 is 10.6 Å². The van der Waals surface area contributed by atoms with Gasteiger partial charge >= 0.3 is 0 Å². The van der Waals surface area contributed by atoms with Gasteiger partial charge in [-0.05, 0) is 19.4 Å². The summed E-state index contributed by atoms with van der Waals surface area (Å²) in [5, 5.41) is 6.63. The SMILES string of the molecule is CCNC(=NCC(C)c1ccc(C)cc1)NCCN1CCS(=O)(=O)CC1. The Morgan fingerprint density at radius 2 is 1.85 bits per heavy atom. The smallest absolute Gasteiger partial charge is 0.191 e. The third kappa shape index (κ3) is 6.96. The molecule has 1 heterocycles. The Hall–Kier alpha value is -1.60. The van der Waals surface area contributed by atoms with Crippen LogP contribution in [-0.4, -0.2) is 70.1 Å². The topological polar surface area (TPSA) is 73.8 Å². The van der Waals surface area contributed by atoms with Crippen LogP contribution in [-0.2, 0) is 9.84 Å². The summed E-state index contributed by atoms with van der Waals surface area (Å²) in [5.41, 5.74) is 2.56. The quantitative estimate of drug-likeness (QED) is 0.552. The first-order chi connectivity index (χ1) is 12.4. The molecule has 146 valence electrons. The number of guanidine groups is 1. The van der Waals surface area contributed by atoms with Gasteiger partial charge in [-0.3, -0.25) is 9.89 Å². The van der Waals surface area contributed by atoms with E-state index in [1.54, 1.807) is 0 Å². The lowest BCUT2D eigenvalue weighted by atomic mass is 10.0. The number of rotatable bonds is 7. The van der Waals surface area contributed by atoms with E-state index in [1.165, 1.54) is 11.1 Å². The molecule has 26 heavy (non-hydrogen) atoms. The molecule has 0 amide bonds. The van der Waals surface area contributed by atoms with Crippen LogP contribution in [0, 0.1) is 6.92 Å². The van der Waals surface area contributed by atoms with Crippen LogP contribution in [0.4, 0.5) is 0 Å². The van der Waals surface area contributed by atoms with E-state index in [1.807, 2.05) is 0 Å². The molecule has 6 nitrogen and oxygen atoms in total. The number of aryl methyl sites for hydroxylation is 1. The van der Waals surface area contributed by atoms with E-state index in [0.29, 0.717) is 19.0 Å². The fourth-order valence-corrected chi connectivity index (χ4v) is 4.15. The fourth-order valence-electron chi connectivity index (χ4n) is 2.88. The van der Waals surface area contributed by atoms with Crippen molar-refractivity contribution >= 4 is 15.8 Å². The fraction of sp³-hybridized carbons (Fsp3) is 0.632. The minimum Gasteiger partial charge on any atom is -0.357 e. The van der Waals surface area contributed by atoms with E-state index < -0.39 is 9.84 Å². The highest BCUT2D eigenvalue weighted by molar-refractivity contribution is 7.91. The van der Waals surface area contributed by atoms with Gasteiger partial charge in [0, 0.05) is 45.2 Å². The zero-order valence-electron chi connectivity index (χ0n) is 16.2. The van der Waals surface area contributed by atoms with Crippen LogP contribution in [0.25, 0.3) is 0 Å². The number of hydrogen-bond donors (Lipinski definition) is 2. The molecule has 1 aliphatic rings. The van der Waals surface area contributed by atoms with Gasteiger partial charge in [-0.25, -0.2) is 8.42 Å². The van der Waals surface area contributed by atoms with E-state index in [-0.39, 0.29) is 11.5 Å². The largest absolute Gasteiger partial charge is 0.357 e. The van der Waals surface area contributed by atoms with E-state index in [0.717, 1.165) is 32.1 Å². The molecule has 0 spiro atoms. The first-order valence-electron chi connectivity index (χ1n) is 9.41. The molecule has 1 saturated heterocycles. The van der Waals surface area contributed by atoms with Crippen molar-refractivity contribution in [3.63, 3.8) is 0 Å². The molecule has 0 bridgehead atoms. The zero-order chi connectivity index (χ0) is 19.0. The Morgan fingerprint density at radius 3 is 2.46 bits per heavy atom. The van der Waals surface area contributed by atoms with Crippen molar-refractivity contribution < 1.29 is 8.42 Å². The molecule has 1 aliphatic heterocycles. The second-order valence-corrected chi connectivity index (χ2v) is 9.26. The lowest BCUT2D eigenvalue weighted by Crippen LogP contribution is -2.46. The maximum atomic E-state index is 11.5. The second kappa shape index (κ2) is 9.92. The number of nitrogens with zero attached hydrogens (tertiary/aromatic N) is 2. The van der Waals surface area contributed by atoms with Crippen molar-refractivity contribution in [2.45, 2.75) is 26.7 Å². The van der Waals surface area contributed by atoms with Crippen LogP contribution in [0.3, 0.4) is 0 Å². The highest BCUT2D eigenvalue weighted by Crippen LogP contribution is 2.15. The van der Waals surface area contributed by atoms with Crippen molar-refractivity contribution in [2.24, 2.45) is 4.99 Å². The predicted molar refractivity (Wildman–Crippen MR) is 109 cm³/mol. The van der Waals surface area contributed by atoms with Gasteiger partial charge in [0.05, 0.1) is 11.5 Å². The summed E-state index contributed by atoms with van der Waals surface area (Å²) in [6, 6.07) is 8.61. The van der Waals surface area contributed by atoms with Crippen LogP contribution in [0.2, 0.25) is 0 Å². The molecule has 1 aromatic rings. The average Bonchev–Trinajstić information content (AvgIpc) is 2.61. The number of aliphatic imine (C=N–C) groups is 1. The van der Waals surface area contributed by atoms with Crippen molar-refractivity contribution in [3.8, 4) is 0 Å². The van der Waals surface area contributed by atoms with Crippen molar-refractivity contribution in [2.75, 3.05) is 50.8 Å². The Balaban J connectivity index is 1.79. The van der Waals surface area contributed by atoms with E-state index >= 15 is 0 Å². The Bertz CT molecular complexity index is 672. The van der Waals surface area contributed by atoms with Gasteiger partial charge in [0.2, 0.25) is 0 Å². The Kier molecular flexibility index (Phi) is 7.90. The number of hydrogen-bond acceptors (Lipinski definition) is 4. The summed E-state index contributed by atoms with van der Waals surface area (Å²) < 4.78 is 23.0. The zero-order valence-corrected chi connectivity index (χ0v) is 17.0. The summed E-state index contributed by atoms with van der Waals surface area (Å²) in [7, 11) is -2.81. The first kappa shape index (κ1) is 20.7. The summed E-state index contributed by atoms with van der Waals surface area (Å²) in [4.78, 5) is 6.88. The van der Waals surface area contributed by atoms with E-state index in [9.17, 15) is 8.42 Å². The predicted octanol–water partition coefficient (Wildman–Crippen LogP) is 1.38. The summed E-state index contributed by atoms with van der Waals surface area (Å²) >= 11 is 0. The summed E-state index contributed by atoms with van der Waals surface area (Å²) in [6.45, 7) is 10.7. The second-order valence-electron chi connectivity index (χ2n) is 6.95. The van der Waals surface area contributed by atoms with Crippen LogP contribution < -0.4 is 10.6 Å². The standard InChI is InChI=1S/C19H32N4O2S/c1-4-20-19(21-9-10-23-11-13-26(24,25)14-12-23)22-15-17(3)18-7-5-16(2)6-8-18/h5-8,17H,4,9-15H2,1-3H3,(H2,20,21,22). The van der Waals surface area contributed by atoms with Gasteiger partial charge in [0.1, 0.15) is 0 Å². The summed E-state index contributed by atoms with van der Waals surface area (Å²) in [6.07, 6.45) is 0. The van der Waals surface area contributed by atoms with E-state index in [4.69, 9.17) is 4.99 Å². The Labute approximate surface area is 158 Å². The molecule has 2 rings (SSSR count). The van der Waals surface area contributed by atoms with Crippen LogP contribution >= 0.6 is 0 Å². The average molecular weight is 381 g/mol. The highest BCUT2D eigenvalue weighted by atomic mass is 32.2. The first-order valence-corrected chi connectivity index (χ1v) is 11.2. The molecular weight excluding hydrogens is 348 g/mol. The molecule has 0 aliphatic carbocycles. The number of benzene rings is 1. The maximum Gasteiger partial charge on any atom is 0.191 e. The summed E-state index contributed by atoms with van der Waals surface area (Å²) in [5.74, 6) is 1.72. The van der Waals surface area contributed by atoms with Crippen molar-refractivity contribution in [1.82, 2.24) is 15.5 Å². The van der Waals surface area contributed by atoms with Gasteiger partial charge in [-0.15, -0.1) is 0 Å².